The average Bonchev–Trinajstić information content (AvgIpc) is 2.56. The average molecular weight is 223 g/mol. The summed E-state index contributed by atoms with van der Waals surface area (Å²) in [6.07, 6.45) is 9.81. The van der Waals surface area contributed by atoms with Crippen LogP contribution in [0.3, 0.4) is 0 Å². The van der Waals surface area contributed by atoms with E-state index in [-0.39, 0.29) is 0 Å². The van der Waals surface area contributed by atoms with E-state index in [0.29, 0.717) is 11.7 Å². The third-order valence-electron chi connectivity index (χ3n) is 4.36. The highest BCUT2D eigenvalue weighted by molar-refractivity contribution is 5.83. The van der Waals surface area contributed by atoms with E-state index >= 15 is 0 Å². The number of hydrogen-bond donors (Lipinski definition) is 0. The fraction of sp³-hybridized carbons (Fsp3) is 0.929. The van der Waals surface area contributed by atoms with Gasteiger partial charge in [0.2, 0.25) is 0 Å². The van der Waals surface area contributed by atoms with Crippen LogP contribution in [0.1, 0.15) is 58.3 Å². The van der Waals surface area contributed by atoms with Crippen molar-refractivity contribution in [3.05, 3.63) is 0 Å². The highest BCUT2D eigenvalue weighted by Gasteiger charge is 2.29. The summed E-state index contributed by atoms with van der Waals surface area (Å²) >= 11 is 0. The molecule has 0 bridgehead atoms. The first-order valence-corrected chi connectivity index (χ1v) is 7.08. The molecule has 0 aromatic heterocycles. The van der Waals surface area contributed by atoms with Crippen molar-refractivity contribution in [2.75, 3.05) is 13.1 Å². The zero-order chi connectivity index (χ0) is 11.4. The van der Waals surface area contributed by atoms with Gasteiger partial charge in [0.25, 0.3) is 0 Å². The molecular formula is C14H25NO. The van der Waals surface area contributed by atoms with Gasteiger partial charge < -0.3 is 0 Å². The molecule has 2 unspecified atom stereocenters. The largest absolute Gasteiger partial charge is 0.300 e. The van der Waals surface area contributed by atoms with Crippen molar-refractivity contribution in [1.82, 2.24) is 4.90 Å². The Morgan fingerprint density at radius 1 is 1.19 bits per heavy atom. The van der Waals surface area contributed by atoms with Gasteiger partial charge in [-0.15, -0.1) is 0 Å². The number of rotatable bonds is 3. The summed E-state index contributed by atoms with van der Waals surface area (Å²) in [5.41, 5.74) is 0. The molecule has 1 saturated carbocycles. The van der Waals surface area contributed by atoms with E-state index < -0.39 is 0 Å². The van der Waals surface area contributed by atoms with E-state index in [1.165, 1.54) is 38.6 Å². The molecule has 0 amide bonds. The minimum Gasteiger partial charge on any atom is -0.300 e. The summed E-state index contributed by atoms with van der Waals surface area (Å²) in [5, 5.41) is 0. The minimum atomic E-state index is 0.368. The van der Waals surface area contributed by atoms with Crippen LogP contribution in [-0.2, 0) is 4.79 Å². The molecule has 0 N–H and O–H groups in total. The van der Waals surface area contributed by atoms with Crippen LogP contribution < -0.4 is 0 Å². The smallest absolute Gasteiger partial charge is 0.137 e. The number of likely N-dealkylation sites (tertiary alicyclic amines) is 1. The lowest BCUT2D eigenvalue weighted by atomic mass is 10.0. The van der Waals surface area contributed by atoms with Crippen LogP contribution in [0.5, 0.6) is 0 Å². The van der Waals surface area contributed by atoms with Crippen molar-refractivity contribution >= 4 is 5.78 Å². The Labute approximate surface area is 99.4 Å². The number of Topliss-reactive ketones (excluding diaryl/α,β-unsaturated/α-hetero) is 1. The van der Waals surface area contributed by atoms with Gasteiger partial charge in [0.1, 0.15) is 5.78 Å². The molecule has 0 aromatic rings. The Bertz CT molecular complexity index is 239. The third-order valence-corrected chi connectivity index (χ3v) is 4.36. The van der Waals surface area contributed by atoms with Crippen LogP contribution in [0.4, 0.5) is 0 Å². The number of carbonyl (C=O) groups excluding carboxylic acids is 1. The standard InChI is InChI=1S/C14H25NO/c1-2-13-8-4-3-5-10-15(13)11-12-7-6-9-14(12)16/h12-13H,2-11H2,1H3. The maximum atomic E-state index is 11.7. The highest BCUT2D eigenvalue weighted by Crippen LogP contribution is 2.26. The molecule has 2 atom stereocenters. The topological polar surface area (TPSA) is 20.3 Å². The Balaban J connectivity index is 1.91. The molecule has 1 aliphatic heterocycles. The normalized spacial score (nSPS) is 32.9. The van der Waals surface area contributed by atoms with Crippen LogP contribution in [0.2, 0.25) is 0 Å². The van der Waals surface area contributed by atoms with Gasteiger partial charge in [-0.2, -0.15) is 0 Å². The first-order chi connectivity index (χ1) is 7.81. The Morgan fingerprint density at radius 2 is 2.06 bits per heavy atom. The van der Waals surface area contributed by atoms with Gasteiger partial charge in [-0.3, -0.25) is 9.69 Å². The fourth-order valence-electron chi connectivity index (χ4n) is 3.30. The molecule has 0 aromatic carbocycles. The molecule has 2 fully saturated rings. The summed E-state index contributed by atoms with van der Waals surface area (Å²) in [6, 6.07) is 0.746. The van der Waals surface area contributed by atoms with Crippen molar-refractivity contribution in [3.63, 3.8) is 0 Å². The number of nitrogens with zero attached hydrogens (tertiary/aromatic N) is 1. The minimum absolute atomic E-state index is 0.368. The van der Waals surface area contributed by atoms with E-state index in [1.807, 2.05) is 0 Å². The molecule has 1 heterocycles. The summed E-state index contributed by atoms with van der Waals surface area (Å²) in [4.78, 5) is 14.3. The summed E-state index contributed by atoms with van der Waals surface area (Å²) in [5.74, 6) is 0.895. The zero-order valence-electron chi connectivity index (χ0n) is 10.6. The first kappa shape index (κ1) is 12.1. The van der Waals surface area contributed by atoms with Crippen LogP contribution in [0, 0.1) is 5.92 Å². The number of carbonyl (C=O) groups is 1. The van der Waals surface area contributed by atoms with Crippen molar-refractivity contribution in [1.29, 1.82) is 0 Å². The summed E-state index contributed by atoms with van der Waals surface area (Å²) in [6.45, 7) is 4.57. The Morgan fingerprint density at radius 3 is 2.75 bits per heavy atom. The van der Waals surface area contributed by atoms with Crippen LogP contribution >= 0.6 is 0 Å². The third kappa shape index (κ3) is 2.85. The van der Waals surface area contributed by atoms with Gasteiger partial charge in [0.05, 0.1) is 0 Å². The molecule has 1 aliphatic carbocycles. The molecule has 2 heteroatoms. The molecule has 2 nitrogen and oxygen atoms in total. The maximum Gasteiger partial charge on any atom is 0.137 e. The molecule has 2 rings (SSSR count). The van der Waals surface area contributed by atoms with Crippen LogP contribution in [0.25, 0.3) is 0 Å². The molecular weight excluding hydrogens is 198 g/mol. The summed E-state index contributed by atoms with van der Waals surface area (Å²) in [7, 11) is 0. The second kappa shape index (κ2) is 5.81. The van der Waals surface area contributed by atoms with Gasteiger partial charge in [0, 0.05) is 24.9 Å². The lowest BCUT2D eigenvalue weighted by Crippen LogP contribution is -2.39. The Hall–Kier alpha value is -0.370. The second-order valence-electron chi connectivity index (χ2n) is 5.46. The van der Waals surface area contributed by atoms with Gasteiger partial charge in [-0.1, -0.05) is 19.8 Å². The quantitative estimate of drug-likeness (QED) is 0.733. The number of hydrogen-bond acceptors (Lipinski definition) is 2. The fourth-order valence-corrected chi connectivity index (χ4v) is 3.30. The maximum absolute atomic E-state index is 11.7. The first-order valence-electron chi connectivity index (χ1n) is 7.08. The van der Waals surface area contributed by atoms with E-state index in [2.05, 4.69) is 11.8 Å². The monoisotopic (exact) mass is 223 g/mol. The Kier molecular flexibility index (Phi) is 4.39. The van der Waals surface area contributed by atoms with E-state index in [9.17, 15) is 4.79 Å². The van der Waals surface area contributed by atoms with Crippen LogP contribution in [0.15, 0.2) is 0 Å². The molecule has 1 saturated heterocycles. The molecule has 92 valence electrons. The van der Waals surface area contributed by atoms with Gasteiger partial charge in [-0.25, -0.2) is 0 Å². The van der Waals surface area contributed by atoms with E-state index in [1.54, 1.807) is 0 Å². The van der Waals surface area contributed by atoms with Crippen molar-refractivity contribution in [2.45, 2.75) is 64.3 Å². The van der Waals surface area contributed by atoms with Gasteiger partial charge >= 0.3 is 0 Å². The van der Waals surface area contributed by atoms with Gasteiger partial charge in [0.15, 0.2) is 0 Å². The predicted octanol–water partition coefficient (Wildman–Crippen LogP) is 3.01. The number of ketones is 1. The second-order valence-corrected chi connectivity index (χ2v) is 5.46. The van der Waals surface area contributed by atoms with E-state index in [4.69, 9.17) is 0 Å². The molecule has 0 radical (unpaired) electrons. The lowest BCUT2D eigenvalue weighted by molar-refractivity contribution is -0.121. The highest BCUT2D eigenvalue weighted by atomic mass is 16.1. The summed E-state index contributed by atoms with van der Waals surface area (Å²) < 4.78 is 0. The lowest BCUT2D eigenvalue weighted by Gasteiger charge is -2.31. The van der Waals surface area contributed by atoms with Gasteiger partial charge in [-0.05, 0) is 38.6 Å². The van der Waals surface area contributed by atoms with Crippen LogP contribution in [-0.4, -0.2) is 29.8 Å². The molecule has 16 heavy (non-hydrogen) atoms. The molecule has 2 aliphatic rings. The SMILES string of the molecule is CCC1CCCCCN1CC1CCCC1=O. The molecule has 0 spiro atoms. The van der Waals surface area contributed by atoms with Crippen molar-refractivity contribution in [2.24, 2.45) is 5.92 Å². The predicted molar refractivity (Wildman–Crippen MR) is 66.5 cm³/mol. The van der Waals surface area contributed by atoms with E-state index in [0.717, 1.165) is 31.8 Å². The van der Waals surface area contributed by atoms with Crippen molar-refractivity contribution < 1.29 is 4.79 Å². The zero-order valence-corrected chi connectivity index (χ0v) is 10.6. The van der Waals surface area contributed by atoms with Crippen molar-refractivity contribution in [3.8, 4) is 0 Å².